The lowest BCUT2D eigenvalue weighted by molar-refractivity contribution is 0.312. The molecule has 2 rings (SSSR count). The van der Waals surface area contributed by atoms with Crippen LogP contribution in [0.5, 0.6) is 0 Å². The lowest BCUT2D eigenvalue weighted by Crippen LogP contribution is -2.13. The quantitative estimate of drug-likeness (QED) is 0.659. The topological polar surface area (TPSA) is 0 Å². The van der Waals surface area contributed by atoms with Crippen molar-refractivity contribution in [2.24, 2.45) is 11.8 Å². The Labute approximate surface area is 97.0 Å². The minimum atomic E-state index is 0.868. The molecule has 0 nitrogen and oxygen atoms in total. The molecule has 0 aromatic carbocycles. The predicted octanol–water partition coefficient (Wildman–Crippen LogP) is 4.98. The molecule has 1 aliphatic rings. The van der Waals surface area contributed by atoms with Crippen molar-refractivity contribution in [1.29, 1.82) is 0 Å². The number of hydrogen-bond acceptors (Lipinski definition) is 1. The lowest BCUT2D eigenvalue weighted by Gasteiger charge is -2.26. The third kappa shape index (κ3) is 2.94. The zero-order valence-electron chi connectivity index (χ0n) is 9.70. The molecular formula is C14H20S. The van der Waals surface area contributed by atoms with E-state index in [1.165, 1.54) is 31.2 Å². The van der Waals surface area contributed by atoms with Gasteiger partial charge in [-0.3, -0.25) is 0 Å². The number of rotatable bonds is 2. The van der Waals surface area contributed by atoms with Crippen LogP contribution in [0.4, 0.5) is 0 Å². The van der Waals surface area contributed by atoms with Crippen LogP contribution in [0.3, 0.4) is 0 Å². The van der Waals surface area contributed by atoms with Crippen molar-refractivity contribution in [2.45, 2.75) is 39.5 Å². The molecule has 1 aromatic rings. The number of allylic oxidation sites excluding steroid dienone is 1. The van der Waals surface area contributed by atoms with Crippen LogP contribution in [-0.4, -0.2) is 0 Å². The van der Waals surface area contributed by atoms with Crippen LogP contribution in [0.2, 0.25) is 0 Å². The molecule has 1 heteroatoms. The third-order valence-electron chi connectivity index (χ3n) is 3.53. The highest BCUT2D eigenvalue weighted by atomic mass is 32.1. The second-order valence-electron chi connectivity index (χ2n) is 4.94. The molecule has 1 saturated carbocycles. The Bertz CT molecular complexity index is 309. The van der Waals surface area contributed by atoms with Gasteiger partial charge < -0.3 is 0 Å². The largest absolute Gasteiger partial charge is 0.152 e. The maximum atomic E-state index is 2.40. The van der Waals surface area contributed by atoms with Gasteiger partial charge in [0.15, 0.2) is 0 Å². The summed E-state index contributed by atoms with van der Waals surface area (Å²) < 4.78 is 0. The molecular weight excluding hydrogens is 200 g/mol. The van der Waals surface area contributed by atoms with Gasteiger partial charge in [-0.05, 0) is 59.9 Å². The first-order valence-corrected chi connectivity index (χ1v) is 6.91. The van der Waals surface area contributed by atoms with Crippen molar-refractivity contribution in [2.75, 3.05) is 0 Å². The highest BCUT2D eigenvalue weighted by Crippen LogP contribution is 2.33. The van der Waals surface area contributed by atoms with E-state index in [0.717, 1.165) is 11.8 Å². The summed E-state index contributed by atoms with van der Waals surface area (Å²) in [4.78, 5) is 0. The molecule has 1 aliphatic carbocycles. The van der Waals surface area contributed by atoms with Crippen LogP contribution in [0, 0.1) is 11.8 Å². The Balaban J connectivity index is 1.93. The summed E-state index contributed by atoms with van der Waals surface area (Å²) in [7, 11) is 0. The van der Waals surface area contributed by atoms with Gasteiger partial charge >= 0.3 is 0 Å². The van der Waals surface area contributed by atoms with E-state index in [2.05, 4.69) is 36.7 Å². The van der Waals surface area contributed by atoms with Gasteiger partial charge in [-0.2, -0.15) is 11.3 Å². The molecule has 15 heavy (non-hydrogen) atoms. The van der Waals surface area contributed by atoms with Crippen molar-refractivity contribution < 1.29 is 0 Å². The van der Waals surface area contributed by atoms with Gasteiger partial charge in [-0.15, -0.1) is 0 Å². The van der Waals surface area contributed by atoms with Crippen molar-refractivity contribution in [3.8, 4) is 0 Å². The monoisotopic (exact) mass is 220 g/mol. The molecule has 82 valence electrons. The molecule has 0 radical (unpaired) electrons. The van der Waals surface area contributed by atoms with Gasteiger partial charge in [0.05, 0.1) is 0 Å². The fraction of sp³-hybridized carbons (Fsp3) is 0.571. The SMILES string of the molecule is CC(C)C1CCC(=Cc2ccsc2)CC1. The van der Waals surface area contributed by atoms with Crippen molar-refractivity contribution in [3.05, 3.63) is 28.0 Å². The molecule has 0 amide bonds. The van der Waals surface area contributed by atoms with Crippen LogP contribution in [-0.2, 0) is 0 Å². The summed E-state index contributed by atoms with van der Waals surface area (Å²) in [6, 6.07) is 2.21. The molecule has 0 aliphatic heterocycles. The second-order valence-corrected chi connectivity index (χ2v) is 5.72. The highest BCUT2D eigenvalue weighted by molar-refractivity contribution is 7.08. The van der Waals surface area contributed by atoms with Crippen molar-refractivity contribution in [3.63, 3.8) is 0 Å². The maximum absolute atomic E-state index is 2.40. The Morgan fingerprint density at radius 2 is 2.07 bits per heavy atom. The molecule has 0 bridgehead atoms. The van der Waals surface area contributed by atoms with Gasteiger partial charge in [0.25, 0.3) is 0 Å². The summed E-state index contributed by atoms with van der Waals surface area (Å²) in [5.74, 6) is 1.83. The Kier molecular flexibility index (Phi) is 3.63. The van der Waals surface area contributed by atoms with Crippen LogP contribution >= 0.6 is 11.3 Å². The van der Waals surface area contributed by atoms with Crippen molar-refractivity contribution in [1.82, 2.24) is 0 Å². The van der Waals surface area contributed by atoms with Gasteiger partial charge in [0.1, 0.15) is 0 Å². The highest BCUT2D eigenvalue weighted by Gasteiger charge is 2.18. The molecule has 0 atom stereocenters. The lowest BCUT2D eigenvalue weighted by atomic mass is 9.79. The summed E-state index contributed by atoms with van der Waals surface area (Å²) in [5.41, 5.74) is 3.06. The van der Waals surface area contributed by atoms with E-state index >= 15 is 0 Å². The van der Waals surface area contributed by atoms with E-state index in [9.17, 15) is 0 Å². The fourth-order valence-electron chi connectivity index (χ4n) is 2.41. The summed E-state index contributed by atoms with van der Waals surface area (Å²) >= 11 is 1.79. The van der Waals surface area contributed by atoms with E-state index in [0.29, 0.717) is 0 Å². The van der Waals surface area contributed by atoms with Gasteiger partial charge in [-0.25, -0.2) is 0 Å². The van der Waals surface area contributed by atoms with Gasteiger partial charge in [-0.1, -0.05) is 25.5 Å². The van der Waals surface area contributed by atoms with E-state index in [-0.39, 0.29) is 0 Å². The first-order chi connectivity index (χ1) is 7.25. The minimum absolute atomic E-state index is 0.868. The molecule has 0 spiro atoms. The summed E-state index contributed by atoms with van der Waals surface area (Å²) in [6.45, 7) is 4.72. The maximum Gasteiger partial charge on any atom is -0.00208 e. The molecule has 0 unspecified atom stereocenters. The van der Waals surface area contributed by atoms with Crippen LogP contribution in [0.15, 0.2) is 22.4 Å². The summed E-state index contributed by atoms with van der Waals surface area (Å²) in [6.07, 6.45) is 7.83. The Hall–Kier alpha value is -0.560. The molecule has 0 N–H and O–H groups in total. The van der Waals surface area contributed by atoms with Crippen LogP contribution in [0.1, 0.15) is 45.1 Å². The molecule has 1 aromatic heterocycles. The number of hydrogen-bond donors (Lipinski definition) is 0. The van der Waals surface area contributed by atoms with E-state index < -0.39 is 0 Å². The minimum Gasteiger partial charge on any atom is -0.152 e. The number of thiophene rings is 1. The Morgan fingerprint density at radius 1 is 1.33 bits per heavy atom. The van der Waals surface area contributed by atoms with Crippen LogP contribution in [0.25, 0.3) is 6.08 Å². The standard InChI is InChI=1S/C14H20S/c1-11(2)14-5-3-12(4-6-14)9-13-7-8-15-10-13/h7-11,14H,3-6H2,1-2H3. The second kappa shape index (κ2) is 4.98. The summed E-state index contributed by atoms with van der Waals surface area (Å²) in [5, 5.41) is 4.40. The van der Waals surface area contributed by atoms with Crippen molar-refractivity contribution >= 4 is 17.4 Å². The van der Waals surface area contributed by atoms with Crippen LogP contribution < -0.4 is 0 Å². The smallest absolute Gasteiger partial charge is 0.00208 e. The van der Waals surface area contributed by atoms with E-state index in [1.54, 1.807) is 16.9 Å². The van der Waals surface area contributed by atoms with Gasteiger partial charge in [0, 0.05) is 0 Å². The molecule has 1 heterocycles. The molecule has 1 fully saturated rings. The normalized spacial score (nSPS) is 22.1. The average Bonchev–Trinajstić information content (AvgIpc) is 2.71. The Morgan fingerprint density at radius 3 is 2.60 bits per heavy atom. The fourth-order valence-corrected chi connectivity index (χ4v) is 3.03. The first kappa shape index (κ1) is 10.9. The zero-order chi connectivity index (χ0) is 10.7. The molecule has 0 saturated heterocycles. The average molecular weight is 220 g/mol. The third-order valence-corrected chi connectivity index (χ3v) is 4.23. The zero-order valence-corrected chi connectivity index (χ0v) is 10.5. The van der Waals surface area contributed by atoms with Gasteiger partial charge in [0.2, 0.25) is 0 Å². The van der Waals surface area contributed by atoms with E-state index in [4.69, 9.17) is 0 Å². The van der Waals surface area contributed by atoms with E-state index in [1.807, 2.05) is 0 Å². The first-order valence-electron chi connectivity index (χ1n) is 5.97. The predicted molar refractivity (Wildman–Crippen MR) is 69.1 cm³/mol.